The molecule has 0 radical (unpaired) electrons. The average Bonchev–Trinajstić information content (AvgIpc) is 3.39. The van der Waals surface area contributed by atoms with E-state index in [-0.39, 0.29) is 37.5 Å². The molecular weight excluding hydrogens is 901 g/mol. The van der Waals surface area contributed by atoms with Crippen LogP contribution in [-0.4, -0.2) is 37.2 Å². The van der Waals surface area contributed by atoms with Crippen LogP contribution in [0.3, 0.4) is 0 Å². The Kier molecular flexibility index (Phi) is 57.4. The molecule has 0 saturated carbocycles. The van der Waals surface area contributed by atoms with Gasteiger partial charge in [-0.2, -0.15) is 0 Å². The van der Waals surface area contributed by atoms with Gasteiger partial charge in [-0.25, -0.2) is 0 Å². The summed E-state index contributed by atoms with van der Waals surface area (Å²) in [6, 6.07) is 0. The van der Waals surface area contributed by atoms with Crippen molar-refractivity contribution in [1.82, 2.24) is 0 Å². The third-order valence-corrected chi connectivity index (χ3v) is 12.8. The summed E-state index contributed by atoms with van der Waals surface area (Å²) in [5.41, 5.74) is 0. The SMILES string of the molecule is CC/C=C\C/C=C\C/C=C\C/C=C\C/C=C\C/C=C\CCCCC(=O)OC(COC(=O)CCCCCCCCCC/C=C\C/C=C\C/C=C\CCCCCCC)COC(=O)CCCCCCCCCCCCC. The van der Waals surface area contributed by atoms with Crippen molar-refractivity contribution in [3.05, 3.63) is 109 Å². The summed E-state index contributed by atoms with van der Waals surface area (Å²) in [4.78, 5) is 38.2. The van der Waals surface area contributed by atoms with Crippen LogP contribution in [0, 0.1) is 0 Å². The van der Waals surface area contributed by atoms with Gasteiger partial charge in [0.1, 0.15) is 13.2 Å². The van der Waals surface area contributed by atoms with E-state index in [0.29, 0.717) is 19.3 Å². The van der Waals surface area contributed by atoms with Crippen LogP contribution in [0.15, 0.2) is 109 Å². The van der Waals surface area contributed by atoms with E-state index < -0.39 is 6.10 Å². The Labute approximate surface area is 450 Å². The summed E-state index contributed by atoms with van der Waals surface area (Å²) >= 11 is 0. The van der Waals surface area contributed by atoms with Crippen molar-refractivity contribution in [2.24, 2.45) is 0 Å². The molecule has 0 heterocycles. The van der Waals surface area contributed by atoms with E-state index in [2.05, 4.69) is 130 Å². The van der Waals surface area contributed by atoms with E-state index in [1.165, 1.54) is 122 Å². The number of ether oxygens (including phenoxy) is 3. The Morgan fingerprint density at radius 2 is 0.534 bits per heavy atom. The second kappa shape index (κ2) is 60.6. The van der Waals surface area contributed by atoms with Crippen molar-refractivity contribution in [3.8, 4) is 0 Å². The first kappa shape index (κ1) is 69.1. The molecule has 0 amide bonds. The lowest BCUT2D eigenvalue weighted by molar-refractivity contribution is -0.167. The van der Waals surface area contributed by atoms with Crippen LogP contribution in [0.25, 0.3) is 0 Å². The van der Waals surface area contributed by atoms with E-state index >= 15 is 0 Å². The standard InChI is InChI=1S/C67H112O6/c1-4-7-10-13-16-19-22-24-26-28-30-32-33-35-36-38-40-42-45-48-51-54-57-60-66(69)72-63-64(62-71-65(68)59-56-53-50-47-44-21-18-15-12-9-6-3)73-67(70)61-58-55-52-49-46-43-41-39-37-34-31-29-27-25-23-20-17-14-11-8-5-2/h8,11,17,20,22,24-25,27-28,30-31,33-35,39,41,46,49,64H,4-7,9-10,12-16,18-19,21,23,26,29,32,36-38,40,42-45,47-48,50-63H2,1-3H3/b11-8-,20-17-,24-22-,27-25-,30-28-,34-31-,35-33-,41-39-,49-46-. The maximum atomic E-state index is 12.9. The maximum absolute atomic E-state index is 12.9. The van der Waals surface area contributed by atoms with Crippen molar-refractivity contribution in [3.63, 3.8) is 0 Å². The molecule has 0 aromatic carbocycles. The number of unbranched alkanes of at least 4 members (excludes halogenated alkanes) is 25. The zero-order valence-electron chi connectivity index (χ0n) is 47.6. The molecule has 6 nitrogen and oxygen atoms in total. The molecule has 0 saturated heterocycles. The van der Waals surface area contributed by atoms with Crippen LogP contribution < -0.4 is 0 Å². The topological polar surface area (TPSA) is 78.9 Å². The molecule has 0 aliphatic heterocycles. The first-order chi connectivity index (χ1) is 36.0. The predicted octanol–water partition coefficient (Wildman–Crippen LogP) is 20.7. The third kappa shape index (κ3) is 58.8. The van der Waals surface area contributed by atoms with E-state index in [9.17, 15) is 14.4 Å². The quantitative estimate of drug-likeness (QED) is 0.0261. The summed E-state index contributed by atoms with van der Waals surface area (Å²) in [7, 11) is 0. The Bertz CT molecular complexity index is 1490. The Morgan fingerprint density at radius 3 is 0.863 bits per heavy atom. The molecule has 0 N–H and O–H groups in total. The minimum Gasteiger partial charge on any atom is -0.462 e. The normalized spacial score (nSPS) is 12.9. The Hall–Kier alpha value is -3.93. The molecule has 0 aromatic rings. The average molecular weight is 1010 g/mol. The summed E-state index contributed by atoms with van der Waals surface area (Å²) in [5.74, 6) is -0.946. The molecule has 0 aliphatic rings. The molecule has 0 spiro atoms. The van der Waals surface area contributed by atoms with Gasteiger partial charge in [-0.15, -0.1) is 0 Å². The fraction of sp³-hybridized carbons (Fsp3) is 0.687. The monoisotopic (exact) mass is 1010 g/mol. The van der Waals surface area contributed by atoms with E-state index in [4.69, 9.17) is 14.2 Å². The van der Waals surface area contributed by atoms with Crippen LogP contribution in [-0.2, 0) is 28.6 Å². The first-order valence-corrected chi connectivity index (χ1v) is 30.4. The fourth-order valence-corrected chi connectivity index (χ4v) is 8.22. The lowest BCUT2D eigenvalue weighted by Gasteiger charge is -2.18. The van der Waals surface area contributed by atoms with Gasteiger partial charge in [0.05, 0.1) is 0 Å². The second-order valence-electron chi connectivity index (χ2n) is 19.9. The minimum absolute atomic E-state index is 0.0977. The van der Waals surface area contributed by atoms with Crippen molar-refractivity contribution in [1.29, 1.82) is 0 Å². The largest absolute Gasteiger partial charge is 0.462 e. The first-order valence-electron chi connectivity index (χ1n) is 30.4. The number of esters is 3. The van der Waals surface area contributed by atoms with Gasteiger partial charge in [-0.05, 0) is 109 Å². The highest BCUT2D eigenvalue weighted by molar-refractivity contribution is 5.71. The Morgan fingerprint density at radius 1 is 0.288 bits per heavy atom. The molecule has 416 valence electrons. The highest BCUT2D eigenvalue weighted by atomic mass is 16.6. The zero-order valence-corrected chi connectivity index (χ0v) is 47.6. The maximum Gasteiger partial charge on any atom is 0.306 e. The van der Waals surface area contributed by atoms with Crippen molar-refractivity contribution < 1.29 is 28.6 Å². The molecule has 1 atom stereocenters. The number of allylic oxidation sites excluding steroid dienone is 18. The van der Waals surface area contributed by atoms with Gasteiger partial charge in [0.2, 0.25) is 0 Å². The van der Waals surface area contributed by atoms with Crippen LogP contribution in [0.1, 0.15) is 278 Å². The molecule has 0 aromatic heterocycles. The molecule has 73 heavy (non-hydrogen) atoms. The third-order valence-electron chi connectivity index (χ3n) is 12.8. The number of carbonyl (C=O) groups excluding carboxylic acids is 3. The summed E-state index contributed by atoms with van der Waals surface area (Å²) in [6.45, 7) is 6.47. The van der Waals surface area contributed by atoms with Gasteiger partial charge in [0, 0.05) is 19.3 Å². The predicted molar refractivity (Wildman–Crippen MR) is 316 cm³/mol. The lowest BCUT2D eigenvalue weighted by atomic mass is 10.1. The van der Waals surface area contributed by atoms with Crippen molar-refractivity contribution in [2.75, 3.05) is 13.2 Å². The second-order valence-corrected chi connectivity index (χ2v) is 19.9. The highest BCUT2D eigenvalue weighted by Crippen LogP contribution is 2.15. The van der Waals surface area contributed by atoms with Crippen LogP contribution >= 0.6 is 0 Å². The van der Waals surface area contributed by atoms with Gasteiger partial charge in [0.15, 0.2) is 6.10 Å². The summed E-state index contributed by atoms with van der Waals surface area (Å²) < 4.78 is 16.8. The van der Waals surface area contributed by atoms with Gasteiger partial charge in [0.25, 0.3) is 0 Å². The van der Waals surface area contributed by atoms with Gasteiger partial charge in [-0.1, -0.05) is 259 Å². The minimum atomic E-state index is -0.805. The van der Waals surface area contributed by atoms with E-state index in [0.717, 1.165) is 109 Å². The number of carbonyl (C=O) groups is 3. The van der Waals surface area contributed by atoms with Crippen LogP contribution in [0.2, 0.25) is 0 Å². The van der Waals surface area contributed by atoms with Crippen LogP contribution in [0.4, 0.5) is 0 Å². The van der Waals surface area contributed by atoms with Crippen molar-refractivity contribution >= 4 is 17.9 Å². The smallest absolute Gasteiger partial charge is 0.306 e. The Balaban J connectivity index is 4.41. The van der Waals surface area contributed by atoms with E-state index in [1.807, 2.05) is 0 Å². The molecule has 6 heteroatoms. The molecule has 1 unspecified atom stereocenters. The lowest BCUT2D eigenvalue weighted by Crippen LogP contribution is -2.30. The van der Waals surface area contributed by atoms with Gasteiger partial charge < -0.3 is 14.2 Å². The number of hydrogen-bond acceptors (Lipinski definition) is 6. The summed E-state index contributed by atoms with van der Waals surface area (Å²) in [6.07, 6.45) is 82.3. The van der Waals surface area contributed by atoms with Gasteiger partial charge >= 0.3 is 17.9 Å². The summed E-state index contributed by atoms with van der Waals surface area (Å²) in [5, 5.41) is 0. The molecule has 0 fully saturated rings. The molecule has 0 bridgehead atoms. The molecule has 0 rings (SSSR count). The number of rotatable bonds is 54. The molecular formula is C67H112O6. The fourth-order valence-electron chi connectivity index (χ4n) is 8.22. The molecule has 0 aliphatic carbocycles. The van der Waals surface area contributed by atoms with Crippen LogP contribution in [0.5, 0.6) is 0 Å². The zero-order chi connectivity index (χ0) is 52.9. The highest BCUT2D eigenvalue weighted by Gasteiger charge is 2.19. The van der Waals surface area contributed by atoms with Gasteiger partial charge in [-0.3, -0.25) is 14.4 Å². The van der Waals surface area contributed by atoms with E-state index in [1.54, 1.807) is 0 Å². The van der Waals surface area contributed by atoms with Crippen molar-refractivity contribution in [2.45, 2.75) is 284 Å². The number of hydrogen-bond donors (Lipinski definition) is 0.